The lowest BCUT2D eigenvalue weighted by molar-refractivity contribution is 0.415. The topological polar surface area (TPSA) is 36.3 Å². The van der Waals surface area contributed by atoms with Crippen molar-refractivity contribution in [2.45, 2.75) is 0 Å². The van der Waals surface area contributed by atoms with Crippen LogP contribution in [-0.4, -0.2) is 14.2 Å². The lowest BCUT2D eigenvalue weighted by Crippen LogP contribution is -2.07. The average molecular weight is 162 g/mol. The van der Waals surface area contributed by atoms with Gasteiger partial charge in [-0.3, -0.25) is 4.90 Å². The smallest absolute Gasteiger partial charge is 0.183 e. The molecule has 0 saturated carbocycles. The van der Waals surface area contributed by atoms with E-state index in [0.29, 0.717) is 0 Å². The van der Waals surface area contributed by atoms with Gasteiger partial charge in [-0.15, -0.1) is 0 Å². The maximum absolute atomic E-state index is 8.56. The summed E-state index contributed by atoms with van der Waals surface area (Å²) >= 11 is 0. The molecule has 0 aliphatic rings. The Morgan fingerprint density at radius 3 is 2.33 bits per heavy atom. The highest BCUT2D eigenvalue weighted by molar-refractivity contribution is 5.51. The van der Waals surface area contributed by atoms with Crippen LogP contribution in [0.2, 0.25) is 0 Å². The summed E-state index contributed by atoms with van der Waals surface area (Å²) in [5.41, 5.74) is 0.860. The van der Waals surface area contributed by atoms with Crippen molar-refractivity contribution >= 4 is 5.69 Å². The van der Waals surface area contributed by atoms with Crippen molar-refractivity contribution in [3.05, 3.63) is 24.3 Å². The van der Waals surface area contributed by atoms with Crippen molar-refractivity contribution < 1.29 is 4.74 Å². The van der Waals surface area contributed by atoms with Crippen molar-refractivity contribution in [2.24, 2.45) is 0 Å². The molecule has 0 saturated heterocycles. The Hall–Kier alpha value is -1.69. The Morgan fingerprint density at radius 1 is 1.33 bits per heavy atom. The number of methoxy groups -OCH3 is 1. The van der Waals surface area contributed by atoms with Gasteiger partial charge in [0.25, 0.3) is 0 Å². The van der Waals surface area contributed by atoms with Crippen LogP contribution in [0.3, 0.4) is 0 Å². The second kappa shape index (κ2) is 3.63. The van der Waals surface area contributed by atoms with Crippen molar-refractivity contribution in [3.63, 3.8) is 0 Å². The third kappa shape index (κ3) is 1.67. The normalized spacial score (nSPS) is 8.75. The number of hydrogen-bond donors (Lipinski definition) is 0. The summed E-state index contributed by atoms with van der Waals surface area (Å²) in [5, 5.41) is 8.56. The fourth-order valence-corrected chi connectivity index (χ4v) is 0.864. The molecule has 0 aromatic heterocycles. The van der Waals surface area contributed by atoms with Gasteiger partial charge in [-0.2, -0.15) is 5.26 Å². The SMILES string of the molecule is COc1ccc(N(C)C#N)cc1. The van der Waals surface area contributed by atoms with Gasteiger partial charge in [0, 0.05) is 7.05 Å². The van der Waals surface area contributed by atoms with Crippen LogP contribution < -0.4 is 9.64 Å². The molecule has 1 rings (SSSR count). The van der Waals surface area contributed by atoms with E-state index in [9.17, 15) is 0 Å². The van der Waals surface area contributed by atoms with E-state index in [1.54, 1.807) is 14.2 Å². The molecule has 0 aliphatic carbocycles. The van der Waals surface area contributed by atoms with E-state index in [0.717, 1.165) is 11.4 Å². The van der Waals surface area contributed by atoms with E-state index in [2.05, 4.69) is 0 Å². The van der Waals surface area contributed by atoms with Crippen LogP contribution in [0.15, 0.2) is 24.3 Å². The van der Waals surface area contributed by atoms with E-state index in [1.807, 2.05) is 30.5 Å². The van der Waals surface area contributed by atoms with Gasteiger partial charge in [-0.25, -0.2) is 0 Å². The molecule has 1 aromatic carbocycles. The number of nitrogens with zero attached hydrogens (tertiary/aromatic N) is 2. The summed E-state index contributed by atoms with van der Waals surface area (Å²) in [6.07, 6.45) is 2.01. The standard InChI is InChI=1S/C9H10N2O/c1-11(7-10)8-3-5-9(12-2)6-4-8/h3-6H,1-2H3. The first-order valence-electron chi connectivity index (χ1n) is 3.55. The van der Waals surface area contributed by atoms with E-state index >= 15 is 0 Å². The van der Waals surface area contributed by atoms with E-state index < -0.39 is 0 Å². The molecule has 0 aliphatic heterocycles. The van der Waals surface area contributed by atoms with Crippen molar-refractivity contribution in [3.8, 4) is 11.9 Å². The number of hydrogen-bond acceptors (Lipinski definition) is 3. The van der Waals surface area contributed by atoms with Crippen LogP contribution in [0.5, 0.6) is 5.75 Å². The minimum absolute atomic E-state index is 0.796. The van der Waals surface area contributed by atoms with Gasteiger partial charge >= 0.3 is 0 Å². The molecule has 12 heavy (non-hydrogen) atoms. The molecule has 3 heteroatoms. The second-order valence-electron chi connectivity index (χ2n) is 2.36. The minimum Gasteiger partial charge on any atom is -0.497 e. The summed E-state index contributed by atoms with van der Waals surface area (Å²) in [6, 6.07) is 7.32. The molecule has 62 valence electrons. The van der Waals surface area contributed by atoms with Crippen molar-refractivity contribution in [1.29, 1.82) is 5.26 Å². The van der Waals surface area contributed by atoms with Gasteiger partial charge < -0.3 is 4.74 Å². The average Bonchev–Trinajstić information content (AvgIpc) is 2.17. The van der Waals surface area contributed by atoms with Crippen molar-refractivity contribution in [1.82, 2.24) is 0 Å². The number of ether oxygens (including phenoxy) is 1. The fraction of sp³-hybridized carbons (Fsp3) is 0.222. The summed E-state index contributed by atoms with van der Waals surface area (Å²) < 4.78 is 4.98. The monoisotopic (exact) mass is 162 g/mol. The number of anilines is 1. The Kier molecular flexibility index (Phi) is 2.54. The third-order valence-electron chi connectivity index (χ3n) is 1.61. The van der Waals surface area contributed by atoms with E-state index in [-0.39, 0.29) is 0 Å². The van der Waals surface area contributed by atoms with Crippen molar-refractivity contribution in [2.75, 3.05) is 19.1 Å². The number of nitriles is 1. The third-order valence-corrected chi connectivity index (χ3v) is 1.61. The van der Waals surface area contributed by atoms with Gasteiger partial charge in [0.2, 0.25) is 0 Å². The van der Waals surface area contributed by atoms with Gasteiger partial charge in [0.1, 0.15) is 5.75 Å². The fourth-order valence-electron chi connectivity index (χ4n) is 0.864. The van der Waals surface area contributed by atoms with Crippen LogP contribution in [0.1, 0.15) is 0 Å². The summed E-state index contributed by atoms with van der Waals surface area (Å²) in [5.74, 6) is 0.796. The lowest BCUT2D eigenvalue weighted by atomic mass is 10.3. The molecule has 0 unspecified atom stereocenters. The maximum atomic E-state index is 8.56. The molecule has 0 fully saturated rings. The van der Waals surface area contributed by atoms with Gasteiger partial charge in [0.15, 0.2) is 6.19 Å². The van der Waals surface area contributed by atoms with Gasteiger partial charge in [-0.05, 0) is 24.3 Å². The van der Waals surface area contributed by atoms with E-state index in [4.69, 9.17) is 10.00 Å². The molecule has 0 heterocycles. The highest BCUT2D eigenvalue weighted by atomic mass is 16.5. The molecule has 3 nitrogen and oxygen atoms in total. The molecule has 0 N–H and O–H groups in total. The van der Waals surface area contributed by atoms with Crippen LogP contribution in [0.25, 0.3) is 0 Å². The van der Waals surface area contributed by atoms with Gasteiger partial charge in [0.05, 0.1) is 12.8 Å². The summed E-state index contributed by atoms with van der Waals surface area (Å²) in [4.78, 5) is 1.49. The zero-order chi connectivity index (χ0) is 8.97. The Balaban J connectivity index is 2.86. The molecule has 0 amide bonds. The molecule has 1 aromatic rings. The second-order valence-corrected chi connectivity index (χ2v) is 2.36. The first-order chi connectivity index (χ1) is 5.77. The van der Waals surface area contributed by atoms with Crippen LogP contribution in [0.4, 0.5) is 5.69 Å². The highest BCUT2D eigenvalue weighted by Crippen LogP contribution is 2.17. The predicted octanol–water partition coefficient (Wildman–Crippen LogP) is 1.61. The number of rotatable bonds is 2. The molecule has 0 spiro atoms. The first kappa shape index (κ1) is 8.41. The molecular weight excluding hydrogens is 152 g/mol. The lowest BCUT2D eigenvalue weighted by Gasteiger charge is -2.08. The molecule has 0 atom stereocenters. The van der Waals surface area contributed by atoms with Crippen LogP contribution in [0, 0.1) is 11.5 Å². The number of benzene rings is 1. The summed E-state index contributed by atoms with van der Waals surface area (Å²) in [6.45, 7) is 0. The van der Waals surface area contributed by atoms with Gasteiger partial charge in [-0.1, -0.05) is 0 Å². The maximum Gasteiger partial charge on any atom is 0.183 e. The Morgan fingerprint density at radius 2 is 1.92 bits per heavy atom. The summed E-state index contributed by atoms with van der Waals surface area (Å²) in [7, 11) is 3.32. The Bertz CT molecular complexity index is 286. The first-order valence-corrected chi connectivity index (χ1v) is 3.55. The van der Waals surface area contributed by atoms with Crippen LogP contribution in [-0.2, 0) is 0 Å². The molecule has 0 bridgehead atoms. The Labute approximate surface area is 71.8 Å². The molecular formula is C9H10N2O. The predicted molar refractivity (Wildman–Crippen MR) is 47.0 cm³/mol. The zero-order valence-corrected chi connectivity index (χ0v) is 7.11. The van der Waals surface area contributed by atoms with E-state index in [1.165, 1.54) is 4.90 Å². The highest BCUT2D eigenvalue weighted by Gasteiger charge is 1.97. The quantitative estimate of drug-likeness (QED) is 0.489. The molecule has 0 radical (unpaired) electrons. The van der Waals surface area contributed by atoms with Crippen LogP contribution >= 0.6 is 0 Å². The largest absolute Gasteiger partial charge is 0.497 e. The zero-order valence-electron chi connectivity index (χ0n) is 7.11. The minimum atomic E-state index is 0.796.